The lowest BCUT2D eigenvalue weighted by Crippen LogP contribution is -2.04. The van der Waals surface area contributed by atoms with Gasteiger partial charge in [-0.1, -0.05) is 0 Å². The number of ether oxygens (including phenoxy) is 2. The maximum atomic E-state index is 12.7. The number of H-pyrrole nitrogens is 2. The van der Waals surface area contributed by atoms with Crippen molar-refractivity contribution in [3.05, 3.63) is 107 Å². The van der Waals surface area contributed by atoms with E-state index in [0.717, 1.165) is 11.9 Å². The van der Waals surface area contributed by atoms with Crippen LogP contribution in [0.2, 0.25) is 0 Å². The van der Waals surface area contributed by atoms with E-state index in [-0.39, 0.29) is 40.2 Å². The van der Waals surface area contributed by atoms with Crippen LogP contribution in [0.25, 0.3) is 23.0 Å². The number of aromatic nitrogens is 6. The highest BCUT2D eigenvalue weighted by Crippen LogP contribution is 2.34. The van der Waals surface area contributed by atoms with E-state index in [9.17, 15) is 36.5 Å². The molecule has 0 amide bonds. The predicted octanol–water partition coefficient (Wildman–Crippen LogP) is 8.14. The molecule has 0 radical (unpaired) electrons. The first kappa shape index (κ1) is 36.4. The van der Waals surface area contributed by atoms with Crippen molar-refractivity contribution < 1.29 is 40.7 Å². The Morgan fingerprint density at radius 1 is 0.673 bits per heavy atom. The summed E-state index contributed by atoms with van der Waals surface area (Å²) < 4.78 is 87.2. The van der Waals surface area contributed by atoms with E-state index in [0.29, 0.717) is 29.1 Å². The Morgan fingerprint density at radius 3 is 1.52 bits per heavy atom. The number of imidazole rings is 2. The van der Waals surface area contributed by atoms with Crippen molar-refractivity contribution in [2.24, 2.45) is 0 Å². The van der Waals surface area contributed by atoms with E-state index in [1.54, 1.807) is 38.4 Å². The molecule has 0 atom stereocenters. The van der Waals surface area contributed by atoms with Crippen LogP contribution in [0.15, 0.2) is 85.5 Å². The monoisotopic (exact) mass is 728 g/mol. The van der Waals surface area contributed by atoms with Crippen LogP contribution >= 0.6 is 0 Å². The summed E-state index contributed by atoms with van der Waals surface area (Å²) in [7, 11) is 3.30. The Balaban J connectivity index is 0.000000202. The number of hydrogen-bond donors (Lipinski definition) is 5. The second-order valence-corrected chi connectivity index (χ2v) is 10.4. The molecular weight excluding hydrogens is 702 g/mol. The van der Waals surface area contributed by atoms with Crippen molar-refractivity contribution in [2.75, 3.05) is 30.5 Å². The van der Waals surface area contributed by atoms with Crippen molar-refractivity contribution in [3.8, 4) is 46.0 Å². The van der Waals surface area contributed by atoms with E-state index in [1.165, 1.54) is 48.8 Å². The molecule has 0 spiro atoms. The van der Waals surface area contributed by atoms with Gasteiger partial charge in [0.1, 0.15) is 51.5 Å². The van der Waals surface area contributed by atoms with Gasteiger partial charge in [-0.15, -0.1) is 0 Å². The molecule has 0 unspecified atom stereocenters. The summed E-state index contributed by atoms with van der Waals surface area (Å²) in [6.07, 6.45) is -4.89. The molecule has 6 N–H and O–H groups in total. The molecule has 14 nitrogen and oxygen atoms in total. The molecule has 4 aromatic heterocycles. The molecule has 0 aliphatic carbocycles. The fourth-order valence-electron chi connectivity index (χ4n) is 4.44. The van der Waals surface area contributed by atoms with Gasteiger partial charge in [0.15, 0.2) is 11.6 Å². The van der Waals surface area contributed by atoms with E-state index < -0.39 is 28.7 Å². The summed E-state index contributed by atoms with van der Waals surface area (Å²) >= 11 is 0. The minimum atomic E-state index is -4.55. The molecule has 0 saturated heterocycles. The number of rotatable bonds is 9. The normalized spacial score (nSPS) is 11.3. The van der Waals surface area contributed by atoms with E-state index in [1.807, 2.05) is 0 Å². The van der Waals surface area contributed by atoms with Crippen LogP contribution in [0.1, 0.15) is 11.4 Å². The van der Waals surface area contributed by atoms with Crippen LogP contribution < -0.4 is 25.8 Å². The molecule has 20 heteroatoms. The largest absolute Gasteiger partial charge is 0.457 e. The molecule has 4 heterocycles. The number of alkyl halides is 6. The van der Waals surface area contributed by atoms with Crippen LogP contribution in [0.5, 0.6) is 23.0 Å². The highest BCUT2D eigenvalue weighted by Gasteiger charge is 2.34. The van der Waals surface area contributed by atoms with Crippen LogP contribution in [-0.4, -0.2) is 48.9 Å². The number of nitrogens with two attached hydrogens (primary N) is 1. The van der Waals surface area contributed by atoms with Crippen molar-refractivity contribution >= 4 is 22.7 Å². The van der Waals surface area contributed by atoms with Crippen LogP contribution in [0, 0.1) is 10.1 Å². The molecular formula is C32H26F6N10O4. The topological polar surface area (TPSA) is 195 Å². The van der Waals surface area contributed by atoms with Crippen LogP contribution in [0.4, 0.5) is 49.1 Å². The molecule has 52 heavy (non-hydrogen) atoms. The second-order valence-electron chi connectivity index (χ2n) is 10.4. The van der Waals surface area contributed by atoms with Gasteiger partial charge in [-0.25, -0.2) is 9.97 Å². The first-order chi connectivity index (χ1) is 24.6. The van der Waals surface area contributed by atoms with Gasteiger partial charge in [0.05, 0.1) is 34.8 Å². The lowest BCUT2D eigenvalue weighted by atomic mass is 10.2. The van der Waals surface area contributed by atoms with Crippen molar-refractivity contribution in [2.45, 2.75) is 12.4 Å². The lowest BCUT2D eigenvalue weighted by Gasteiger charge is -2.10. The number of nitrogen functional groups attached to an aromatic ring is 1. The van der Waals surface area contributed by atoms with E-state index in [2.05, 4.69) is 40.5 Å². The van der Waals surface area contributed by atoms with Gasteiger partial charge in [0, 0.05) is 44.7 Å². The summed E-state index contributed by atoms with van der Waals surface area (Å²) in [5, 5.41) is 16.7. The van der Waals surface area contributed by atoms with Gasteiger partial charge in [-0.05, 0) is 36.4 Å². The van der Waals surface area contributed by atoms with E-state index in [4.69, 9.17) is 15.2 Å². The summed E-state index contributed by atoms with van der Waals surface area (Å²) in [6, 6.07) is 15.3. The van der Waals surface area contributed by atoms with Gasteiger partial charge < -0.3 is 35.8 Å². The lowest BCUT2D eigenvalue weighted by molar-refractivity contribution is -0.384. The fourth-order valence-corrected chi connectivity index (χ4v) is 4.44. The van der Waals surface area contributed by atoms with Crippen molar-refractivity contribution in [3.63, 3.8) is 0 Å². The first-order valence-electron chi connectivity index (χ1n) is 14.7. The Bertz CT molecular complexity index is 2190. The quantitative estimate of drug-likeness (QED) is 0.0417. The average molecular weight is 729 g/mol. The molecule has 0 aliphatic rings. The van der Waals surface area contributed by atoms with Gasteiger partial charge in [-0.2, -0.15) is 26.3 Å². The SMILES string of the molecule is CNc1ccc(Oc2ccnc(-c3ncc(C(F)(F)F)[nH]3)c2)cc1N.CNc1ccc(Oc2ccnc(-c3ncc(C(F)(F)F)[nH]3)c2)cc1[N+](=O)[O-]. The minimum absolute atomic E-state index is 0.00261. The molecule has 0 aliphatic heterocycles. The summed E-state index contributed by atoms with van der Waals surface area (Å²) in [4.78, 5) is 30.3. The van der Waals surface area contributed by atoms with Gasteiger partial charge in [0.2, 0.25) is 0 Å². The molecule has 0 saturated carbocycles. The van der Waals surface area contributed by atoms with Crippen molar-refractivity contribution in [1.82, 2.24) is 29.9 Å². The molecule has 0 bridgehead atoms. The Hall–Kier alpha value is -6.86. The van der Waals surface area contributed by atoms with Gasteiger partial charge >= 0.3 is 12.4 Å². The number of nitro groups is 1. The number of halogens is 6. The number of nitro benzene ring substituents is 1. The molecule has 2 aromatic carbocycles. The third-order valence-corrected chi connectivity index (χ3v) is 6.91. The van der Waals surface area contributed by atoms with Crippen LogP contribution in [0.3, 0.4) is 0 Å². The molecule has 6 rings (SSSR count). The third kappa shape index (κ3) is 8.83. The Labute approximate surface area is 289 Å². The molecule has 270 valence electrons. The Kier molecular flexibility index (Phi) is 10.5. The van der Waals surface area contributed by atoms with E-state index >= 15 is 0 Å². The average Bonchev–Trinajstić information content (AvgIpc) is 3.81. The van der Waals surface area contributed by atoms with Crippen molar-refractivity contribution in [1.29, 1.82) is 0 Å². The molecule has 0 fully saturated rings. The van der Waals surface area contributed by atoms with Crippen LogP contribution in [-0.2, 0) is 12.4 Å². The maximum Gasteiger partial charge on any atom is 0.432 e. The molecule has 6 aromatic rings. The number of nitrogens with one attached hydrogen (secondary N) is 4. The van der Waals surface area contributed by atoms with Gasteiger partial charge in [0.25, 0.3) is 5.69 Å². The fraction of sp³-hybridized carbons (Fsp3) is 0.125. The number of anilines is 3. The zero-order chi connectivity index (χ0) is 37.6. The zero-order valence-electron chi connectivity index (χ0n) is 26.8. The number of benzene rings is 2. The summed E-state index contributed by atoms with van der Waals surface area (Å²) in [6.45, 7) is 0. The highest BCUT2D eigenvalue weighted by molar-refractivity contribution is 5.68. The smallest absolute Gasteiger partial charge is 0.432 e. The number of aromatic amines is 2. The summed E-state index contributed by atoms with van der Waals surface area (Å²) in [5.41, 5.74) is 5.71. The number of pyridine rings is 2. The maximum absolute atomic E-state index is 12.7. The van der Waals surface area contributed by atoms with Gasteiger partial charge in [-0.3, -0.25) is 20.1 Å². The summed E-state index contributed by atoms with van der Waals surface area (Å²) in [5.74, 6) is 1.23. The third-order valence-electron chi connectivity index (χ3n) is 6.91. The standard InChI is InChI=1S/C16H12F3N5O3.C16H14F3N5O/c1-20-11-3-2-9(7-13(11)24(25)26)27-10-4-5-21-12(6-10)15-22-8-14(23-15)16(17,18)19;1-21-12-3-2-9(6-11(12)20)25-10-4-5-22-13(7-10)15-23-8-14(24-15)16(17,18)19/h2-8,20H,1H3,(H,22,23);2-8,21H,20H2,1H3,(H,23,24). The first-order valence-corrected chi connectivity index (χ1v) is 14.7. The number of nitrogens with zero attached hydrogens (tertiary/aromatic N) is 5. The highest BCUT2D eigenvalue weighted by atomic mass is 19.4. The number of hydrogen-bond acceptors (Lipinski definition) is 11. The minimum Gasteiger partial charge on any atom is -0.457 e. The zero-order valence-corrected chi connectivity index (χ0v) is 26.8. The Morgan fingerprint density at radius 2 is 1.12 bits per heavy atom. The predicted molar refractivity (Wildman–Crippen MR) is 177 cm³/mol. The second kappa shape index (κ2) is 14.9.